The maximum absolute atomic E-state index is 12.8. The molecule has 0 saturated carbocycles. The first-order chi connectivity index (χ1) is 12.5. The van der Waals surface area contributed by atoms with Gasteiger partial charge < -0.3 is 20.5 Å². The number of aliphatic hydroxyl groups is 1. The molecule has 8 nitrogen and oxygen atoms in total. The van der Waals surface area contributed by atoms with Crippen molar-refractivity contribution in [3.05, 3.63) is 35.2 Å². The van der Waals surface area contributed by atoms with Crippen LogP contribution in [0.2, 0.25) is 0 Å². The molecule has 2 aromatic rings. The van der Waals surface area contributed by atoms with Gasteiger partial charge in [-0.2, -0.15) is 4.98 Å². The first-order valence-corrected chi connectivity index (χ1v) is 8.87. The standard InChI is InChI=1S/C18H23N5O3/c1-11-6-8-23-17(19-11)20-15(22-23)16(25)21-18(10-24)7-5-12-3-4-13(26-2)9-14(12)18/h3-4,9,11,24H,5-8,10H2,1-2H3,(H,21,25)(H,19,20,22). The third-order valence-corrected chi connectivity index (χ3v) is 5.30. The summed E-state index contributed by atoms with van der Waals surface area (Å²) in [5.74, 6) is 1.05. The summed E-state index contributed by atoms with van der Waals surface area (Å²) < 4.78 is 7.02. The van der Waals surface area contributed by atoms with Crippen molar-refractivity contribution in [3.8, 4) is 5.75 Å². The molecule has 0 spiro atoms. The monoisotopic (exact) mass is 357 g/mol. The van der Waals surface area contributed by atoms with Crippen LogP contribution in [0.25, 0.3) is 0 Å². The van der Waals surface area contributed by atoms with E-state index in [4.69, 9.17) is 4.74 Å². The molecule has 8 heteroatoms. The number of hydrogen-bond donors (Lipinski definition) is 3. The Kier molecular flexibility index (Phi) is 4.07. The summed E-state index contributed by atoms with van der Waals surface area (Å²) in [6.07, 6.45) is 2.35. The molecule has 1 aromatic carbocycles. The topological polar surface area (TPSA) is 101 Å². The van der Waals surface area contributed by atoms with Crippen molar-refractivity contribution in [1.82, 2.24) is 20.1 Å². The number of methoxy groups -OCH3 is 1. The molecule has 0 radical (unpaired) electrons. The van der Waals surface area contributed by atoms with E-state index in [9.17, 15) is 9.90 Å². The summed E-state index contributed by atoms with van der Waals surface area (Å²) in [6, 6.07) is 6.07. The number of benzene rings is 1. The number of rotatable bonds is 4. The summed E-state index contributed by atoms with van der Waals surface area (Å²) in [5, 5.41) is 20.6. The molecule has 2 atom stereocenters. The molecule has 0 saturated heterocycles. The number of nitrogens with zero attached hydrogens (tertiary/aromatic N) is 3. The predicted molar refractivity (Wildman–Crippen MR) is 95.3 cm³/mol. The fourth-order valence-corrected chi connectivity index (χ4v) is 3.75. The predicted octanol–water partition coefficient (Wildman–Crippen LogP) is 1.05. The molecule has 2 unspecified atom stereocenters. The van der Waals surface area contributed by atoms with Gasteiger partial charge in [-0.15, -0.1) is 5.10 Å². The molecule has 4 rings (SSSR count). The van der Waals surface area contributed by atoms with Crippen LogP contribution in [0.5, 0.6) is 5.75 Å². The van der Waals surface area contributed by atoms with Crippen LogP contribution in [-0.2, 0) is 18.5 Å². The summed E-state index contributed by atoms with van der Waals surface area (Å²) >= 11 is 0. The second-order valence-electron chi connectivity index (χ2n) is 7.03. The molecule has 0 bridgehead atoms. The Labute approximate surface area is 151 Å². The lowest BCUT2D eigenvalue weighted by Crippen LogP contribution is -2.47. The SMILES string of the molecule is COc1ccc2c(c1)C(CO)(NC(=O)c1nc3n(n1)CCC(C)N3)CC2. The number of aliphatic hydroxyl groups excluding tert-OH is 1. The lowest BCUT2D eigenvalue weighted by molar-refractivity contribution is 0.0818. The number of nitrogens with one attached hydrogen (secondary N) is 2. The van der Waals surface area contributed by atoms with Gasteiger partial charge in [-0.05, 0) is 49.4 Å². The first-order valence-electron chi connectivity index (χ1n) is 8.87. The lowest BCUT2D eigenvalue weighted by atomic mass is 9.92. The smallest absolute Gasteiger partial charge is 0.291 e. The van der Waals surface area contributed by atoms with Gasteiger partial charge in [0.2, 0.25) is 11.8 Å². The molecule has 138 valence electrons. The van der Waals surface area contributed by atoms with E-state index < -0.39 is 5.54 Å². The molecule has 1 aliphatic carbocycles. The van der Waals surface area contributed by atoms with Crippen molar-refractivity contribution in [2.75, 3.05) is 19.0 Å². The number of amides is 1. The van der Waals surface area contributed by atoms with Gasteiger partial charge in [0.05, 0.1) is 19.3 Å². The van der Waals surface area contributed by atoms with Crippen LogP contribution < -0.4 is 15.4 Å². The zero-order valence-electron chi connectivity index (χ0n) is 15.0. The quantitative estimate of drug-likeness (QED) is 0.756. The van der Waals surface area contributed by atoms with E-state index in [1.807, 2.05) is 18.2 Å². The van der Waals surface area contributed by atoms with E-state index >= 15 is 0 Å². The van der Waals surface area contributed by atoms with E-state index in [0.717, 1.165) is 30.5 Å². The minimum atomic E-state index is -0.840. The Morgan fingerprint density at radius 2 is 2.38 bits per heavy atom. The number of carbonyl (C=O) groups excluding carboxylic acids is 1. The molecular weight excluding hydrogens is 334 g/mol. The van der Waals surface area contributed by atoms with Gasteiger partial charge in [-0.25, -0.2) is 4.68 Å². The van der Waals surface area contributed by atoms with Crippen LogP contribution in [0.15, 0.2) is 18.2 Å². The Balaban J connectivity index is 1.61. The van der Waals surface area contributed by atoms with Gasteiger partial charge >= 0.3 is 0 Å². The number of hydrogen-bond acceptors (Lipinski definition) is 6. The van der Waals surface area contributed by atoms with Crippen LogP contribution in [-0.4, -0.2) is 45.5 Å². The van der Waals surface area contributed by atoms with Crippen molar-refractivity contribution in [2.45, 2.75) is 44.3 Å². The van der Waals surface area contributed by atoms with E-state index in [1.165, 1.54) is 0 Å². The zero-order valence-corrected chi connectivity index (χ0v) is 15.0. The largest absolute Gasteiger partial charge is 0.497 e. The second-order valence-corrected chi connectivity index (χ2v) is 7.03. The molecule has 26 heavy (non-hydrogen) atoms. The maximum Gasteiger partial charge on any atom is 0.291 e. The van der Waals surface area contributed by atoms with Crippen LogP contribution in [0.3, 0.4) is 0 Å². The fraction of sp³-hybridized carbons (Fsp3) is 0.500. The van der Waals surface area contributed by atoms with Crippen molar-refractivity contribution in [2.24, 2.45) is 0 Å². The highest BCUT2D eigenvalue weighted by Crippen LogP contribution is 2.38. The van der Waals surface area contributed by atoms with E-state index in [1.54, 1.807) is 11.8 Å². The third-order valence-electron chi connectivity index (χ3n) is 5.30. The van der Waals surface area contributed by atoms with Crippen LogP contribution in [0.1, 0.15) is 41.5 Å². The highest BCUT2D eigenvalue weighted by Gasteiger charge is 2.41. The van der Waals surface area contributed by atoms with Crippen molar-refractivity contribution in [1.29, 1.82) is 0 Å². The van der Waals surface area contributed by atoms with Gasteiger partial charge in [0.25, 0.3) is 5.91 Å². The minimum absolute atomic E-state index is 0.116. The van der Waals surface area contributed by atoms with Crippen molar-refractivity contribution in [3.63, 3.8) is 0 Å². The van der Waals surface area contributed by atoms with Crippen LogP contribution in [0.4, 0.5) is 5.95 Å². The third kappa shape index (κ3) is 2.70. The normalized spacial score (nSPS) is 23.7. The average molecular weight is 357 g/mol. The number of aryl methyl sites for hydroxylation is 2. The maximum atomic E-state index is 12.8. The molecule has 1 amide bonds. The molecule has 2 heterocycles. The summed E-state index contributed by atoms with van der Waals surface area (Å²) in [4.78, 5) is 17.1. The molecular formula is C18H23N5O3. The number of anilines is 1. The van der Waals surface area contributed by atoms with Crippen molar-refractivity contribution >= 4 is 11.9 Å². The van der Waals surface area contributed by atoms with Gasteiger partial charge in [0.15, 0.2) is 0 Å². The molecule has 2 aliphatic rings. The molecule has 0 fully saturated rings. The zero-order chi connectivity index (χ0) is 18.3. The summed E-state index contributed by atoms with van der Waals surface area (Å²) in [5.41, 5.74) is 1.16. The van der Waals surface area contributed by atoms with Gasteiger partial charge in [0.1, 0.15) is 5.75 Å². The van der Waals surface area contributed by atoms with Gasteiger partial charge in [-0.1, -0.05) is 6.07 Å². The number of aromatic nitrogens is 3. The second kappa shape index (κ2) is 6.28. The van der Waals surface area contributed by atoms with Gasteiger partial charge in [-0.3, -0.25) is 4.79 Å². The average Bonchev–Trinajstić information content (AvgIpc) is 3.23. The van der Waals surface area contributed by atoms with E-state index in [2.05, 4.69) is 27.6 Å². The van der Waals surface area contributed by atoms with Gasteiger partial charge in [0, 0.05) is 12.6 Å². The first kappa shape index (κ1) is 16.8. The Morgan fingerprint density at radius 1 is 1.54 bits per heavy atom. The van der Waals surface area contributed by atoms with Crippen molar-refractivity contribution < 1.29 is 14.6 Å². The summed E-state index contributed by atoms with van der Waals surface area (Å²) in [7, 11) is 1.60. The van der Waals surface area contributed by atoms with Crippen LogP contribution in [0, 0.1) is 0 Å². The highest BCUT2D eigenvalue weighted by atomic mass is 16.5. The number of fused-ring (bicyclic) bond motifs is 2. The lowest BCUT2D eigenvalue weighted by Gasteiger charge is -2.29. The Hall–Kier alpha value is -2.61. The molecule has 1 aromatic heterocycles. The van der Waals surface area contributed by atoms with E-state index in [0.29, 0.717) is 24.2 Å². The fourth-order valence-electron chi connectivity index (χ4n) is 3.75. The summed E-state index contributed by atoms with van der Waals surface area (Å²) in [6.45, 7) is 2.61. The Morgan fingerprint density at radius 3 is 3.15 bits per heavy atom. The minimum Gasteiger partial charge on any atom is -0.497 e. The molecule has 1 aliphatic heterocycles. The van der Waals surface area contributed by atoms with Crippen LogP contribution >= 0.6 is 0 Å². The Bertz CT molecular complexity index is 849. The highest BCUT2D eigenvalue weighted by molar-refractivity contribution is 5.91. The van der Waals surface area contributed by atoms with E-state index in [-0.39, 0.29) is 18.3 Å². The molecule has 3 N–H and O–H groups in total. The number of ether oxygens (including phenoxy) is 1. The number of carbonyl (C=O) groups is 1.